The van der Waals surface area contributed by atoms with Gasteiger partial charge in [-0.05, 0) is 23.6 Å². The Morgan fingerprint density at radius 3 is 2.96 bits per heavy atom. The molecular formula is C14H9Cl2N3O3S. The molecule has 0 aliphatic carbocycles. The molecule has 0 atom stereocenters. The van der Waals surface area contributed by atoms with Gasteiger partial charge in [0.2, 0.25) is 5.82 Å². The van der Waals surface area contributed by atoms with Crippen LogP contribution < -0.4 is 5.73 Å². The van der Waals surface area contributed by atoms with E-state index in [1.165, 1.54) is 23.5 Å². The lowest BCUT2D eigenvalue weighted by atomic mass is 10.2. The summed E-state index contributed by atoms with van der Waals surface area (Å²) in [5.74, 6) is -0.0731. The zero-order valence-electron chi connectivity index (χ0n) is 11.5. The van der Waals surface area contributed by atoms with Crippen LogP contribution in [0.1, 0.15) is 16.2 Å². The van der Waals surface area contributed by atoms with Gasteiger partial charge >= 0.3 is 5.97 Å². The molecule has 9 heteroatoms. The molecule has 1 aromatic carbocycles. The number of thiophene rings is 1. The lowest BCUT2D eigenvalue weighted by molar-refractivity contribution is 0.0431. The predicted octanol–water partition coefficient (Wildman–Crippen LogP) is 4.04. The second-order valence-electron chi connectivity index (χ2n) is 4.45. The Kier molecular flexibility index (Phi) is 4.51. The molecule has 3 aromatic rings. The van der Waals surface area contributed by atoms with Crippen molar-refractivity contribution in [3.05, 3.63) is 50.5 Å². The van der Waals surface area contributed by atoms with Gasteiger partial charge in [0.05, 0.1) is 16.3 Å². The molecule has 0 amide bonds. The van der Waals surface area contributed by atoms with Gasteiger partial charge in [0, 0.05) is 16.0 Å². The molecule has 0 fully saturated rings. The Balaban J connectivity index is 1.70. The van der Waals surface area contributed by atoms with E-state index in [4.69, 9.17) is 38.2 Å². The number of halogens is 2. The third kappa shape index (κ3) is 3.47. The van der Waals surface area contributed by atoms with Crippen LogP contribution >= 0.6 is 34.5 Å². The molecule has 23 heavy (non-hydrogen) atoms. The standard InChI is InChI=1S/C14H9Cl2N3O3S/c15-8-3-9(12(17)10(16)4-8)14(20)21-5-11-18-13(19-22-11)7-1-2-23-6-7/h1-4,6H,5,17H2. The minimum Gasteiger partial charge on any atom is -0.452 e. The van der Waals surface area contributed by atoms with E-state index in [1.54, 1.807) is 0 Å². The molecule has 0 radical (unpaired) electrons. The number of carbonyl (C=O) groups is 1. The highest BCUT2D eigenvalue weighted by Gasteiger charge is 2.17. The number of rotatable bonds is 4. The van der Waals surface area contributed by atoms with Gasteiger partial charge in [-0.1, -0.05) is 28.4 Å². The summed E-state index contributed by atoms with van der Waals surface area (Å²) < 4.78 is 10.1. The largest absolute Gasteiger partial charge is 0.452 e. The smallest absolute Gasteiger partial charge is 0.340 e. The molecule has 0 aliphatic heterocycles. The van der Waals surface area contributed by atoms with Gasteiger partial charge in [0.25, 0.3) is 5.89 Å². The number of nitrogens with two attached hydrogens (primary N) is 1. The van der Waals surface area contributed by atoms with Crippen LogP contribution in [-0.2, 0) is 11.3 Å². The summed E-state index contributed by atoms with van der Waals surface area (Å²) in [7, 11) is 0. The lowest BCUT2D eigenvalue weighted by Gasteiger charge is -2.07. The van der Waals surface area contributed by atoms with E-state index < -0.39 is 5.97 Å². The third-order valence-corrected chi connectivity index (χ3v) is 4.10. The zero-order valence-corrected chi connectivity index (χ0v) is 13.8. The van der Waals surface area contributed by atoms with E-state index in [9.17, 15) is 4.79 Å². The summed E-state index contributed by atoms with van der Waals surface area (Å²) in [6.45, 7) is -0.181. The number of esters is 1. The van der Waals surface area contributed by atoms with Crippen LogP contribution in [0, 0.1) is 0 Å². The van der Waals surface area contributed by atoms with Crippen molar-refractivity contribution in [3.63, 3.8) is 0 Å². The summed E-state index contributed by atoms with van der Waals surface area (Å²) in [6.07, 6.45) is 0. The number of hydrogen-bond donors (Lipinski definition) is 1. The normalized spacial score (nSPS) is 10.7. The van der Waals surface area contributed by atoms with Gasteiger partial charge in [0.1, 0.15) is 0 Å². The van der Waals surface area contributed by atoms with Gasteiger partial charge in [0.15, 0.2) is 6.61 Å². The molecular weight excluding hydrogens is 361 g/mol. The fourth-order valence-electron chi connectivity index (χ4n) is 1.78. The number of nitrogen functional groups attached to an aromatic ring is 1. The Morgan fingerprint density at radius 1 is 1.39 bits per heavy atom. The highest BCUT2D eigenvalue weighted by atomic mass is 35.5. The average Bonchev–Trinajstić information content (AvgIpc) is 3.18. The maximum absolute atomic E-state index is 12.1. The first kappa shape index (κ1) is 15.8. The summed E-state index contributed by atoms with van der Waals surface area (Å²) >= 11 is 13.3. The van der Waals surface area contributed by atoms with E-state index in [0.717, 1.165) is 5.56 Å². The molecule has 3 rings (SSSR count). The number of ether oxygens (including phenoxy) is 1. The Bertz CT molecular complexity index is 849. The molecule has 0 unspecified atom stereocenters. The fraction of sp³-hybridized carbons (Fsp3) is 0.0714. The van der Waals surface area contributed by atoms with Gasteiger partial charge < -0.3 is 15.0 Å². The lowest BCUT2D eigenvalue weighted by Crippen LogP contribution is -2.09. The monoisotopic (exact) mass is 369 g/mol. The molecule has 2 heterocycles. The number of nitrogens with zero attached hydrogens (tertiary/aromatic N) is 2. The van der Waals surface area contributed by atoms with E-state index in [-0.39, 0.29) is 33.8 Å². The third-order valence-electron chi connectivity index (χ3n) is 2.89. The number of hydrogen-bond acceptors (Lipinski definition) is 7. The van der Waals surface area contributed by atoms with Crippen LogP contribution in [0.4, 0.5) is 5.69 Å². The quantitative estimate of drug-likeness (QED) is 0.550. The zero-order chi connectivity index (χ0) is 16.4. The molecule has 0 bridgehead atoms. The summed E-state index contributed by atoms with van der Waals surface area (Å²) in [5.41, 5.74) is 6.77. The van der Waals surface area contributed by atoms with Crippen LogP contribution in [0.25, 0.3) is 11.4 Å². The van der Waals surface area contributed by atoms with E-state index in [1.807, 2.05) is 16.8 Å². The van der Waals surface area contributed by atoms with E-state index in [0.29, 0.717) is 5.82 Å². The van der Waals surface area contributed by atoms with E-state index in [2.05, 4.69) is 10.1 Å². The second-order valence-corrected chi connectivity index (χ2v) is 6.07. The Morgan fingerprint density at radius 2 is 2.22 bits per heavy atom. The van der Waals surface area contributed by atoms with Crippen molar-refractivity contribution in [2.45, 2.75) is 6.61 Å². The Labute approximate surface area is 144 Å². The van der Waals surface area contributed by atoms with Crippen LogP contribution in [0.15, 0.2) is 33.5 Å². The van der Waals surface area contributed by atoms with Gasteiger partial charge in [-0.2, -0.15) is 16.3 Å². The minimum atomic E-state index is -0.679. The highest BCUT2D eigenvalue weighted by Crippen LogP contribution is 2.28. The number of carbonyl (C=O) groups excluding carboxylic acids is 1. The molecule has 0 saturated heterocycles. The minimum absolute atomic E-state index is 0.0834. The molecule has 2 aromatic heterocycles. The first-order valence-corrected chi connectivity index (χ1v) is 8.01. The van der Waals surface area contributed by atoms with Crippen molar-refractivity contribution >= 4 is 46.2 Å². The average molecular weight is 370 g/mol. The van der Waals surface area contributed by atoms with Gasteiger partial charge in [-0.25, -0.2) is 4.79 Å². The first-order chi connectivity index (χ1) is 11.0. The summed E-state index contributed by atoms with van der Waals surface area (Å²) in [4.78, 5) is 16.2. The first-order valence-electron chi connectivity index (χ1n) is 6.31. The van der Waals surface area contributed by atoms with Crippen LogP contribution in [0.3, 0.4) is 0 Å². The predicted molar refractivity (Wildman–Crippen MR) is 87.6 cm³/mol. The second kappa shape index (κ2) is 6.57. The summed E-state index contributed by atoms with van der Waals surface area (Å²) in [6, 6.07) is 4.69. The molecule has 0 aliphatic rings. The van der Waals surface area contributed by atoms with Crippen molar-refractivity contribution in [1.29, 1.82) is 0 Å². The molecule has 118 valence electrons. The molecule has 0 saturated carbocycles. The van der Waals surface area contributed by atoms with E-state index >= 15 is 0 Å². The van der Waals surface area contributed by atoms with Crippen molar-refractivity contribution in [2.24, 2.45) is 0 Å². The number of benzene rings is 1. The van der Waals surface area contributed by atoms with Crippen LogP contribution in [0.5, 0.6) is 0 Å². The maximum Gasteiger partial charge on any atom is 0.340 e. The fourth-order valence-corrected chi connectivity index (χ4v) is 2.91. The SMILES string of the molecule is Nc1c(Cl)cc(Cl)cc1C(=O)OCc1nc(-c2ccsc2)no1. The van der Waals surface area contributed by atoms with Gasteiger partial charge in [-0.15, -0.1) is 0 Å². The van der Waals surface area contributed by atoms with Gasteiger partial charge in [-0.3, -0.25) is 0 Å². The highest BCUT2D eigenvalue weighted by molar-refractivity contribution is 7.08. The molecule has 6 nitrogen and oxygen atoms in total. The topological polar surface area (TPSA) is 91.2 Å². The van der Waals surface area contributed by atoms with Crippen LogP contribution in [0.2, 0.25) is 10.0 Å². The molecule has 0 spiro atoms. The van der Waals surface area contributed by atoms with Crippen molar-refractivity contribution in [2.75, 3.05) is 5.73 Å². The number of aromatic nitrogens is 2. The maximum atomic E-state index is 12.1. The molecule has 2 N–H and O–H groups in total. The van der Waals surface area contributed by atoms with Crippen molar-refractivity contribution < 1.29 is 14.1 Å². The van der Waals surface area contributed by atoms with Crippen LogP contribution in [-0.4, -0.2) is 16.1 Å². The van der Waals surface area contributed by atoms with Crippen molar-refractivity contribution in [3.8, 4) is 11.4 Å². The summed E-state index contributed by atoms with van der Waals surface area (Å²) in [5, 5.41) is 8.07. The van der Waals surface area contributed by atoms with Crippen molar-refractivity contribution in [1.82, 2.24) is 10.1 Å². The Hall–Kier alpha value is -2.09. The number of anilines is 1.